The third-order valence-corrected chi connectivity index (χ3v) is 5.37. The van der Waals surface area contributed by atoms with E-state index in [1.165, 1.54) is 12.1 Å². The predicted molar refractivity (Wildman–Crippen MR) is 109 cm³/mol. The quantitative estimate of drug-likeness (QED) is 0.428. The lowest BCUT2D eigenvalue weighted by Gasteiger charge is -2.33. The number of likely N-dealkylation sites (tertiary alicyclic amines) is 1. The van der Waals surface area contributed by atoms with Crippen LogP contribution in [0.2, 0.25) is 5.02 Å². The van der Waals surface area contributed by atoms with Gasteiger partial charge in [-0.05, 0) is 23.8 Å². The number of nitrogens with zero attached hydrogens (tertiary/aromatic N) is 4. The third kappa shape index (κ3) is 4.38. The van der Waals surface area contributed by atoms with Crippen LogP contribution in [0.3, 0.4) is 0 Å². The lowest BCUT2D eigenvalue weighted by Crippen LogP contribution is -2.49. The van der Waals surface area contributed by atoms with E-state index in [4.69, 9.17) is 11.6 Å². The van der Waals surface area contributed by atoms with Gasteiger partial charge in [-0.2, -0.15) is 0 Å². The SMILES string of the molecule is O/N=C(\Cc1ccc(F)c(Cl)c1)c1ccnc2c1CC(=NCCN1CC(F)C1)N2. The van der Waals surface area contributed by atoms with Crippen LogP contribution in [0.15, 0.2) is 40.6 Å². The molecule has 0 aliphatic carbocycles. The van der Waals surface area contributed by atoms with Crippen LogP contribution in [0.5, 0.6) is 0 Å². The fourth-order valence-corrected chi connectivity index (χ4v) is 3.74. The molecule has 1 aromatic carbocycles. The van der Waals surface area contributed by atoms with Gasteiger partial charge < -0.3 is 10.5 Å². The van der Waals surface area contributed by atoms with Gasteiger partial charge in [0.05, 0.1) is 17.3 Å². The first-order valence-corrected chi connectivity index (χ1v) is 9.71. The molecule has 3 heterocycles. The first kappa shape index (κ1) is 19.7. The van der Waals surface area contributed by atoms with Gasteiger partial charge in [0.2, 0.25) is 0 Å². The van der Waals surface area contributed by atoms with E-state index in [9.17, 15) is 14.0 Å². The van der Waals surface area contributed by atoms with Gasteiger partial charge in [-0.3, -0.25) is 9.89 Å². The van der Waals surface area contributed by atoms with Gasteiger partial charge >= 0.3 is 0 Å². The standard InChI is InChI=1S/C20H20ClF2N5O/c21-16-7-12(1-2-17(16)23)8-18(27-29)14-3-4-25-20-15(14)9-19(26-20)24-5-6-28-10-13(22)11-28/h1-4,7,13,29H,5-6,8-11H2,(H,24,25,26)/b27-18+. The maximum absolute atomic E-state index is 13.4. The number of aliphatic imine (C=N–C) groups is 1. The zero-order valence-corrected chi connectivity index (χ0v) is 16.3. The number of alkyl halides is 1. The molecule has 0 bridgehead atoms. The molecule has 29 heavy (non-hydrogen) atoms. The summed E-state index contributed by atoms with van der Waals surface area (Å²) >= 11 is 5.86. The van der Waals surface area contributed by atoms with Crippen molar-refractivity contribution in [3.8, 4) is 0 Å². The smallest absolute Gasteiger partial charge is 0.141 e. The van der Waals surface area contributed by atoms with Crippen molar-refractivity contribution in [2.24, 2.45) is 10.1 Å². The Morgan fingerprint density at radius 1 is 1.34 bits per heavy atom. The minimum absolute atomic E-state index is 0.0251. The van der Waals surface area contributed by atoms with Crippen LogP contribution in [0.4, 0.5) is 14.6 Å². The number of oxime groups is 1. The molecule has 152 valence electrons. The van der Waals surface area contributed by atoms with Crippen LogP contribution in [0.1, 0.15) is 16.7 Å². The summed E-state index contributed by atoms with van der Waals surface area (Å²) in [5.74, 6) is 0.958. The Balaban J connectivity index is 1.47. The molecule has 4 rings (SSSR count). The Labute approximate surface area is 171 Å². The fourth-order valence-electron chi connectivity index (χ4n) is 3.54. The van der Waals surface area contributed by atoms with E-state index in [1.807, 2.05) is 4.90 Å². The summed E-state index contributed by atoms with van der Waals surface area (Å²) in [5.41, 5.74) is 2.80. The van der Waals surface area contributed by atoms with Gasteiger partial charge in [0.15, 0.2) is 0 Å². The summed E-state index contributed by atoms with van der Waals surface area (Å²) < 4.78 is 26.3. The lowest BCUT2D eigenvalue weighted by atomic mass is 9.98. The van der Waals surface area contributed by atoms with Gasteiger partial charge in [-0.25, -0.2) is 13.8 Å². The summed E-state index contributed by atoms with van der Waals surface area (Å²) in [6, 6.07) is 6.20. The van der Waals surface area contributed by atoms with Crippen molar-refractivity contribution in [2.75, 3.05) is 31.5 Å². The Morgan fingerprint density at radius 3 is 2.90 bits per heavy atom. The van der Waals surface area contributed by atoms with Crippen molar-refractivity contribution >= 4 is 29.0 Å². The molecule has 2 aromatic rings. The van der Waals surface area contributed by atoms with E-state index in [1.54, 1.807) is 18.3 Å². The number of halogens is 3. The molecule has 9 heteroatoms. The second-order valence-corrected chi connectivity index (χ2v) is 7.55. The predicted octanol–water partition coefficient (Wildman–Crippen LogP) is 3.32. The van der Waals surface area contributed by atoms with Crippen LogP contribution in [-0.4, -0.2) is 59.0 Å². The number of benzene rings is 1. The average molecular weight is 420 g/mol. The third-order valence-electron chi connectivity index (χ3n) is 5.08. The van der Waals surface area contributed by atoms with Gasteiger partial charge in [-0.1, -0.05) is 22.8 Å². The summed E-state index contributed by atoms with van der Waals surface area (Å²) in [7, 11) is 0. The second-order valence-electron chi connectivity index (χ2n) is 7.14. The lowest BCUT2D eigenvalue weighted by molar-refractivity contribution is 0.0690. The monoisotopic (exact) mass is 419 g/mol. The summed E-state index contributed by atoms with van der Waals surface area (Å²) in [5, 5.41) is 16.3. The van der Waals surface area contributed by atoms with Crippen LogP contribution >= 0.6 is 11.6 Å². The van der Waals surface area contributed by atoms with Crippen molar-refractivity contribution in [3.63, 3.8) is 0 Å². The van der Waals surface area contributed by atoms with Crippen molar-refractivity contribution in [1.29, 1.82) is 0 Å². The minimum Gasteiger partial charge on any atom is -0.411 e. The highest BCUT2D eigenvalue weighted by Gasteiger charge is 2.26. The number of amidine groups is 1. The van der Waals surface area contributed by atoms with Crippen molar-refractivity contribution < 1.29 is 14.0 Å². The van der Waals surface area contributed by atoms with Crippen molar-refractivity contribution in [2.45, 2.75) is 19.0 Å². The van der Waals surface area contributed by atoms with E-state index >= 15 is 0 Å². The van der Waals surface area contributed by atoms with E-state index in [-0.39, 0.29) is 5.02 Å². The van der Waals surface area contributed by atoms with Gasteiger partial charge in [0.1, 0.15) is 23.6 Å². The van der Waals surface area contributed by atoms with Gasteiger partial charge in [0, 0.05) is 49.8 Å². The summed E-state index contributed by atoms with van der Waals surface area (Å²) in [4.78, 5) is 10.9. The molecule has 1 aromatic heterocycles. The number of hydrogen-bond donors (Lipinski definition) is 2. The molecule has 2 aliphatic rings. The van der Waals surface area contributed by atoms with E-state index in [0.29, 0.717) is 44.0 Å². The zero-order chi connectivity index (χ0) is 20.4. The Kier molecular flexibility index (Phi) is 5.73. The normalized spacial score (nSPS) is 18.6. The fraction of sp³-hybridized carbons (Fsp3) is 0.350. The van der Waals surface area contributed by atoms with Crippen LogP contribution in [-0.2, 0) is 12.8 Å². The largest absolute Gasteiger partial charge is 0.411 e. The zero-order valence-electron chi connectivity index (χ0n) is 15.6. The molecule has 2 aliphatic heterocycles. The van der Waals surface area contributed by atoms with E-state index < -0.39 is 12.0 Å². The molecular weight excluding hydrogens is 400 g/mol. The maximum Gasteiger partial charge on any atom is 0.141 e. The molecule has 0 unspecified atom stereocenters. The van der Waals surface area contributed by atoms with Crippen LogP contribution < -0.4 is 5.32 Å². The van der Waals surface area contributed by atoms with Crippen molar-refractivity contribution in [1.82, 2.24) is 9.88 Å². The molecule has 1 fully saturated rings. The van der Waals surface area contributed by atoms with Gasteiger partial charge in [-0.15, -0.1) is 0 Å². The molecular formula is C20H20ClF2N5O. The number of aromatic nitrogens is 1. The van der Waals surface area contributed by atoms with E-state index in [2.05, 4.69) is 20.4 Å². The summed E-state index contributed by atoms with van der Waals surface area (Å²) in [6.45, 7) is 2.26. The second kappa shape index (κ2) is 8.42. The average Bonchev–Trinajstić information content (AvgIpc) is 3.10. The number of hydrogen-bond acceptors (Lipinski definition) is 5. The minimum atomic E-state index is -0.713. The number of rotatable bonds is 6. The maximum atomic E-state index is 13.4. The summed E-state index contributed by atoms with van der Waals surface area (Å²) in [6.07, 6.45) is 1.75. The first-order valence-electron chi connectivity index (χ1n) is 9.33. The van der Waals surface area contributed by atoms with E-state index in [0.717, 1.165) is 29.1 Å². The Morgan fingerprint density at radius 2 is 2.17 bits per heavy atom. The molecule has 0 spiro atoms. The number of nitrogens with one attached hydrogen (secondary N) is 1. The first-order chi connectivity index (χ1) is 14.0. The number of pyridine rings is 1. The molecule has 6 nitrogen and oxygen atoms in total. The molecule has 1 saturated heterocycles. The Hall–Kier alpha value is -2.58. The highest BCUT2D eigenvalue weighted by Crippen LogP contribution is 2.26. The van der Waals surface area contributed by atoms with Crippen molar-refractivity contribution in [3.05, 3.63) is 58.0 Å². The number of fused-ring (bicyclic) bond motifs is 1. The molecule has 0 radical (unpaired) electrons. The Bertz CT molecular complexity index is 975. The highest BCUT2D eigenvalue weighted by molar-refractivity contribution is 6.30. The van der Waals surface area contributed by atoms with Crippen LogP contribution in [0.25, 0.3) is 0 Å². The molecule has 0 atom stereocenters. The molecule has 2 N–H and O–H groups in total. The molecule has 0 amide bonds. The number of anilines is 1. The molecule has 0 saturated carbocycles. The highest BCUT2D eigenvalue weighted by atomic mass is 35.5. The topological polar surface area (TPSA) is 73.1 Å². The van der Waals surface area contributed by atoms with Crippen LogP contribution in [0, 0.1) is 5.82 Å². The van der Waals surface area contributed by atoms with Gasteiger partial charge in [0.25, 0.3) is 0 Å².